The van der Waals surface area contributed by atoms with E-state index in [0.29, 0.717) is 18.4 Å². The number of amides is 1. The van der Waals surface area contributed by atoms with E-state index in [0.717, 1.165) is 39.0 Å². The standard InChI is InChI=1S/C12H22N2O2/c1-12(2,16)9-13-5-7-14(8-6-13)11(15)10-3-4-10/h10,16H,3-9H2,1-2H3. The number of nitrogens with zero attached hydrogens (tertiary/aromatic N) is 2. The van der Waals surface area contributed by atoms with Gasteiger partial charge in [0, 0.05) is 38.6 Å². The zero-order chi connectivity index (χ0) is 11.8. The second kappa shape index (κ2) is 4.34. The lowest BCUT2D eigenvalue weighted by molar-refractivity contribution is -0.134. The zero-order valence-electron chi connectivity index (χ0n) is 10.3. The van der Waals surface area contributed by atoms with Gasteiger partial charge in [0.25, 0.3) is 0 Å². The van der Waals surface area contributed by atoms with Gasteiger partial charge in [-0.05, 0) is 26.7 Å². The number of β-amino-alcohol motifs (C(OH)–C–C–N with tert-alkyl or cyclic N) is 1. The predicted molar refractivity (Wildman–Crippen MR) is 62.0 cm³/mol. The molecule has 2 aliphatic rings. The molecule has 92 valence electrons. The lowest BCUT2D eigenvalue weighted by atomic mass is 10.1. The Labute approximate surface area is 97.2 Å². The molecule has 0 atom stereocenters. The molecule has 4 heteroatoms. The number of carbonyl (C=O) groups is 1. The van der Waals surface area contributed by atoms with Crippen molar-refractivity contribution in [2.75, 3.05) is 32.7 Å². The second-order valence-corrected chi connectivity index (χ2v) is 5.69. The number of hydrogen-bond donors (Lipinski definition) is 1. The molecule has 1 amide bonds. The lowest BCUT2D eigenvalue weighted by Crippen LogP contribution is -2.52. The SMILES string of the molecule is CC(C)(O)CN1CCN(C(=O)C2CC2)CC1. The van der Waals surface area contributed by atoms with Crippen LogP contribution in [0.15, 0.2) is 0 Å². The molecule has 1 saturated carbocycles. The highest BCUT2D eigenvalue weighted by Gasteiger charge is 2.34. The average molecular weight is 226 g/mol. The van der Waals surface area contributed by atoms with Crippen LogP contribution in [-0.4, -0.2) is 59.1 Å². The van der Waals surface area contributed by atoms with E-state index in [1.54, 1.807) is 0 Å². The van der Waals surface area contributed by atoms with Crippen molar-refractivity contribution in [2.45, 2.75) is 32.3 Å². The zero-order valence-corrected chi connectivity index (χ0v) is 10.3. The molecule has 1 aliphatic heterocycles. The molecule has 2 fully saturated rings. The second-order valence-electron chi connectivity index (χ2n) is 5.69. The predicted octanol–water partition coefficient (Wildman–Crippen LogP) is 0.311. The van der Waals surface area contributed by atoms with Crippen molar-refractivity contribution in [3.8, 4) is 0 Å². The van der Waals surface area contributed by atoms with Gasteiger partial charge in [0.15, 0.2) is 0 Å². The molecular formula is C12H22N2O2. The van der Waals surface area contributed by atoms with Crippen molar-refractivity contribution in [1.82, 2.24) is 9.80 Å². The van der Waals surface area contributed by atoms with Crippen LogP contribution in [0.25, 0.3) is 0 Å². The van der Waals surface area contributed by atoms with Crippen LogP contribution in [0.5, 0.6) is 0 Å². The van der Waals surface area contributed by atoms with Gasteiger partial charge < -0.3 is 10.0 Å². The normalized spacial score (nSPS) is 23.6. The molecule has 16 heavy (non-hydrogen) atoms. The lowest BCUT2D eigenvalue weighted by Gasteiger charge is -2.37. The Morgan fingerprint density at radius 2 is 1.81 bits per heavy atom. The summed E-state index contributed by atoms with van der Waals surface area (Å²) in [6.07, 6.45) is 2.17. The van der Waals surface area contributed by atoms with E-state index in [1.165, 1.54) is 0 Å². The molecule has 0 radical (unpaired) electrons. The largest absolute Gasteiger partial charge is 0.389 e. The molecular weight excluding hydrogens is 204 g/mol. The smallest absolute Gasteiger partial charge is 0.225 e. The highest BCUT2D eigenvalue weighted by atomic mass is 16.3. The van der Waals surface area contributed by atoms with Gasteiger partial charge in [0.2, 0.25) is 5.91 Å². The number of carbonyl (C=O) groups excluding carboxylic acids is 1. The fraction of sp³-hybridized carbons (Fsp3) is 0.917. The first kappa shape index (κ1) is 11.9. The van der Waals surface area contributed by atoms with Crippen LogP contribution < -0.4 is 0 Å². The molecule has 1 heterocycles. The Bertz CT molecular complexity index is 261. The van der Waals surface area contributed by atoms with Gasteiger partial charge in [-0.15, -0.1) is 0 Å². The van der Waals surface area contributed by atoms with E-state index in [-0.39, 0.29) is 0 Å². The summed E-state index contributed by atoms with van der Waals surface area (Å²) in [5.41, 5.74) is -0.636. The molecule has 0 aromatic carbocycles. The van der Waals surface area contributed by atoms with Gasteiger partial charge in [0.05, 0.1) is 5.60 Å². The number of rotatable bonds is 3. The van der Waals surface area contributed by atoms with E-state index >= 15 is 0 Å². The van der Waals surface area contributed by atoms with Gasteiger partial charge in [-0.3, -0.25) is 9.69 Å². The van der Waals surface area contributed by atoms with E-state index in [9.17, 15) is 9.90 Å². The van der Waals surface area contributed by atoms with Crippen LogP contribution in [-0.2, 0) is 4.79 Å². The maximum Gasteiger partial charge on any atom is 0.225 e. The first-order chi connectivity index (χ1) is 7.46. The topological polar surface area (TPSA) is 43.8 Å². The first-order valence-electron chi connectivity index (χ1n) is 6.19. The summed E-state index contributed by atoms with van der Waals surface area (Å²) in [6.45, 7) is 7.78. The van der Waals surface area contributed by atoms with Crippen molar-refractivity contribution in [2.24, 2.45) is 5.92 Å². The van der Waals surface area contributed by atoms with Gasteiger partial charge in [-0.25, -0.2) is 0 Å². The molecule has 0 unspecified atom stereocenters. The third-order valence-corrected chi connectivity index (χ3v) is 3.22. The third kappa shape index (κ3) is 3.19. The number of hydrogen-bond acceptors (Lipinski definition) is 3. The maximum absolute atomic E-state index is 11.8. The monoisotopic (exact) mass is 226 g/mol. The van der Waals surface area contributed by atoms with Crippen molar-refractivity contribution in [3.63, 3.8) is 0 Å². The van der Waals surface area contributed by atoms with Crippen LogP contribution in [0.2, 0.25) is 0 Å². The summed E-state index contributed by atoms with van der Waals surface area (Å²) >= 11 is 0. The fourth-order valence-corrected chi connectivity index (χ4v) is 2.26. The molecule has 0 aromatic heterocycles. The maximum atomic E-state index is 11.8. The Morgan fingerprint density at radius 1 is 1.25 bits per heavy atom. The third-order valence-electron chi connectivity index (χ3n) is 3.22. The minimum atomic E-state index is -0.636. The highest BCUT2D eigenvalue weighted by Crippen LogP contribution is 2.31. The van der Waals surface area contributed by atoms with Gasteiger partial charge in [0.1, 0.15) is 0 Å². The average Bonchev–Trinajstić information content (AvgIpc) is 2.98. The minimum Gasteiger partial charge on any atom is -0.389 e. The molecule has 1 aliphatic carbocycles. The van der Waals surface area contributed by atoms with Crippen molar-refractivity contribution >= 4 is 5.91 Å². The summed E-state index contributed by atoms with van der Waals surface area (Å²) < 4.78 is 0. The Balaban J connectivity index is 1.75. The van der Waals surface area contributed by atoms with Gasteiger partial charge >= 0.3 is 0 Å². The summed E-state index contributed by atoms with van der Waals surface area (Å²) in [7, 11) is 0. The van der Waals surface area contributed by atoms with Crippen molar-refractivity contribution in [1.29, 1.82) is 0 Å². The summed E-state index contributed by atoms with van der Waals surface area (Å²) in [5.74, 6) is 0.684. The number of piperazine rings is 1. The van der Waals surface area contributed by atoms with Crippen LogP contribution in [0, 0.1) is 5.92 Å². The highest BCUT2D eigenvalue weighted by molar-refractivity contribution is 5.81. The van der Waals surface area contributed by atoms with E-state index < -0.39 is 5.60 Å². The van der Waals surface area contributed by atoms with Gasteiger partial charge in [-0.2, -0.15) is 0 Å². The summed E-state index contributed by atoms with van der Waals surface area (Å²) in [4.78, 5) is 16.0. The Hall–Kier alpha value is -0.610. The van der Waals surface area contributed by atoms with Crippen LogP contribution >= 0.6 is 0 Å². The summed E-state index contributed by atoms with van der Waals surface area (Å²) in [5, 5.41) is 9.72. The summed E-state index contributed by atoms with van der Waals surface area (Å²) in [6, 6.07) is 0. The Kier molecular flexibility index (Phi) is 3.22. The van der Waals surface area contributed by atoms with Crippen LogP contribution in [0.4, 0.5) is 0 Å². The van der Waals surface area contributed by atoms with E-state index in [1.807, 2.05) is 18.7 Å². The molecule has 2 rings (SSSR count). The molecule has 4 nitrogen and oxygen atoms in total. The van der Waals surface area contributed by atoms with Crippen molar-refractivity contribution in [3.05, 3.63) is 0 Å². The molecule has 1 saturated heterocycles. The van der Waals surface area contributed by atoms with Gasteiger partial charge in [-0.1, -0.05) is 0 Å². The Morgan fingerprint density at radius 3 is 2.25 bits per heavy atom. The number of aliphatic hydroxyl groups is 1. The quantitative estimate of drug-likeness (QED) is 0.753. The minimum absolute atomic E-state index is 0.334. The van der Waals surface area contributed by atoms with Crippen LogP contribution in [0.1, 0.15) is 26.7 Å². The van der Waals surface area contributed by atoms with Crippen molar-refractivity contribution < 1.29 is 9.90 Å². The van der Waals surface area contributed by atoms with Crippen LogP contribution in [0.3, 0.4) is 0 Å². The molecule has 0 aromatic rings. The molecule has 0 spiro atoms. The molecule has 1 N–H and O–H groups in total. The molecule has 0 bridgehead atoms. The fourth-order valence-electron chi connectivity index (χ4n) is 2.26. The first-order valence-corrected chi connectivity index (χ1v) is 6.19. The van der Waals surface area contributed by atoms with E-state index in [4.69, 9.17) is 0 Å². The van der Waals surface area contributed by atoms with E-state index in [2.05, 4.69) is 4.90 Å².